The molecule has 1 aromatic heterocycles. The van der Waals surface area contributed by atoms with E-state index in [2.05, 4.69) is 102 Å². The Labute approximate surface area is 218 Å². The summed E-state index contributed by atoms with van der Waals surface area (Å²) in [6.45, 7) is 2.15. The number of aromatic nitrogens is 2. The van der Waals surface area contributed by atoms with E-state index in [-0.39, 0.29) is 0 Å². The van der Waals surface area contributed by atoms with Crippen molar-refractivity contribution in [1.82, 2.24) is 9.55 Å². The Bertz CT molecular complexity index is 2210. The van der Waals surface area contributed by atoms with Gasteiger partial charge in [0.2, 0.25) is 0 Å². The van der Waals surface area contributed by atoms with Gasteiger partial charge >= 0.3 is 0 Å². The number of para-hydroxylation sites is 1. The van der Waals surface area contributed by atoms with Gasteiger partial charge in [-0.1, -0.05) is 85.8 Å². The minimum Gasteiger partial charge on any atom is -0.453 e. The fourth-order valence-electron chi connectivity index (χ4n) is 6.69. The number of fused-ring (bicyclic) bond motifs is 4. The molecule has 1 aliphatic rings. The third-order valence-corrected chi connectivity index (χ3v) is 8.28. The van der Waals surface area contributed by atoms with Gasteiger partial charge in [0, 0.05) is 6.42 Å². The third-order valence-electron chi connectivity index (χ3n) is 8.28. The van der Waals surface area contributed by atoms with Crippen molar-refractivity contribution in [2.75, 3.05) is 0 Å². The molecule has 3 nitrogen and oxygen atoms in total. The quantitative estimate of drug-likeness (QED) is 0.180. The summed E-state index contributed by atoms with van der Waals surface area (Å²) < 4.78 is 8.75. The van der Waals surface area contributed by atoms with Gasteiger partial charge in [-0.3, -0.25) is 4.57 Å². The van der Waals surface area contributed by atoms with Gasteiger partial charge in [0.1, 0.15) is 11.3 Å². The summed E-state index contributed by atoms with van der Waals surface area (Å²) >= 11 is 0. The van der Waals surface area contributed by atoms with Crippen LogP contribution in [0.3, 0.4) is 0 Å². The smallest absolute Gasteiger partial charge is 0.153 e. The SMILES string of the molecule is CCc1nc2cccc3c2n1-c1ccc(-c2ccc4c5cccc6cccc(c7cccc2c74)c65)cc1O3. The number of nitrogens with zero attached hydrogens (tertiary/aromatic N) is 2. The Morgan fingerprint density at radius 2 is 1.37 bits per heavy atom. The standard InChI is InChI=1S/C35H22N2O/c1-2-32-36-28-13-6-14-30-35(28)37(32)29-18-15-21(19-31(29)38-30)22-16-17-27-25-10-4-8-20-7-3-9-24(33(20)25)26-12-5-11-23(22)34(26)27/h3-19H,2H2,1H3. The molecule has 8 aromatic rings. The number of imidazole rings is 1. The molecule has 0 N–H and O–H groups in total. The molecule has 0 aliphatic carbocycles. The molecule has 2 heterocycles. The molecule has 38 heavy (non-hydrogen) atoms. The topological polar surface area (TPSA) is 27.1 Å². The summed E-state index contributed by atoms with van der Waals surface area (Å²) in [6.07, 6.45) is 0.860. The lowest BCUT2D eigenvalue weighted by Gasteiger charge is -2.22. The maximum Gasteiger partial charge on any atom is 0.153 e. The lowest BCUT2D eigenvalue weighted by Crippen LogP contribution is -2.07. The van der Waals surface area contributed by atoms with Crippen molar-refractivity contribution in [2.45, 2.75) is 13.3 Å². The molecule has 0 amide bonds. The first-order valence-electron chi connectivity index (χ1n) is 13.2. The zero-order valence-corrected chi connectivity index (χ0v) is 20.8. The third kappa shape index (κ3) is 2.46. The second-order valence-electron chi connectivity index (χ2n) is 10.2. The highest BCUT2D eigenvalue weighted by Crippen LogP contribution is 2.46. The Morgan fingerprint density at radius 1 is 0.658 bits per heavy atom. The Morgan fingerprint density at radius 3 is 2.18 bits per heavy atom. The molecule has 7 aromatic carbocycles. The van der Waals surface area contributed by atoms with Crippen LogP contribution in [0.25, 0.3) is 70.9 Å². The molecule has 0 atom stereocenters. The minimum atomic E-state index is 0.860. The van der Waals surface area contributed by atoms with E-state index in [0.29, 0.717) is 0 Å². The molecule has 0 fully saturated rings. The summed E-state index contributed by atoms with van der Waals surface area (Å²) in [5, 5.41) is 10.5. The highest BCUT2D eigenvalue weighted by atomic mass is 16.5. The van der Waals surface area contributed by atoms with E-state index in [1.165, 1.54) is 48.7 Å². The Kier molecular flexibility index (Phi) is 3.78. The van der Waals surface area contributed by atoms with Crippen LogP contribution in [-0.4, -0.2) is 9.55 Å². The first-order valence-corrected chi connectivity index (χ1v) is 13.2. The van der Waals surface area contributed by atoms with Gasteiger partial charge in [0.25, 0.3) is 0 Å². The lowest BCUT2D eigenvalue weighted by atomic mass is 9.87. The zero-order valence-electron chi connectivity index (χ0n) is 20.8. The number of ether oxygens (including phenoxy) is 1. The second kappa shape index (κ2) is 7.11. The average molecular weight is 487 g/mol. The van der Waals surface area contributed by atoms with Crippen LogP contribution in [0, 0.1) is 0 Å². The zero-order chi connectivity index (χ0) is 25.0. The first-order chi connectivity index (χ1) is 18.8. The maximum absolute atomic E-state index is 6.49. The largest absolute Gasteiger partial charge is 0.453 e. The van der Waals surface area contributed by atoms with Crippen LogP contribution >= 0.6 is 0 Å². The lowest BCUT2D eigenvalue weighted by molar-refractivity contribution is 0.474. The van der Waals surface area contributed by atoms with E-state index >= 15 is 0 Å². The van der Waals surface area contributed by atoms with Crippen LogP contribution in [0.1, 0.15) is 12.7 Å². The normalized spacial score (nSPS) is 12.7. The van der Waals surface area contributed by atoms with Crippen molar-refractivity contribution in [1.29, 1.82) is 0 Å². The van der Waals surface area contributed by atoms with E-state index in [1.807, 2.05) is 12.1 Å². The maximum atomic E-state index is 6.49. The van der Waals surface area contributed by atoms with Crippen molar-refractivity contribution < 1.29 is 4.74 Å². The fourth-order valence-corrected chi connectivity index (χ4v) is 6.69. The van der Waals surface area contributed by atoms with Gasteiger partial charge < -0.3 is 4.74 Å². The average Bonchev–Trinajstić information content (AvgIpc) is 3.35. The van der Waals surface area contributed by atoms with Crippen molar-refractivity contribution in [3.63, 3.8) is 0 Å². The van der Waals surface area contributed by atoms with Crippen LogP contribution in [0.15, 0.2) is 103 Å². The van der Waals surface area contributed by atoms with Gasteiger partial charge in [-0.25, -0.2) is 4.98 Å². The van der Waals surface area contributed by atoms with Crippen LogP contribution < -0.4 is 4.74 Å². The Balaban J connectivity index is 1.32. The molecule has 1 aliphatic heterocycles. The van der Waals surface area contributed by atoms with Crippen molar-refractivity contribution in [3.05, 3.63) is 109 Å². The summed E-state index contributed by atoms with van der Waals surface area (Å²) in [4.78, 5) is 4.88. The van der Waals surface area contributed by atoms with Crippen LogP contribution in [0.4, 0.5) is 0 Å². The number of aryl methyl sites for hydroxylation is 1. The second-order valence-corrected chi connectivity index (χ2v) is 10.2. The van der Waals surface area contributed by atoms with Crippen molar-refractivity contribution in [2.24, 2.45) is 0 Å². The van der Waals surface area contributed by atoms with Crippen LogP contribution in [0.5, 0.6) is 11.5 Å². The molecule has 0 spiro atoms. The summed E-state index contributed by atoms with van der Waals surface area (Å²) in [5.41, 5.74) is 5.45. The minimum absolute atomic E-state index is 0.860. The van der Waals surface area contributed by atoms with Gasteiger partial charge in [-0.05, 0) is 78.5 Å². The molecule has 0 saturated heterocycles. The summed E-state index contributed by atoms with van der Waals surface area (Å²) in [7, 11) is 0. The van der Waals surface area contributed by atoms with Gasteiger partial charge in [-0.15, -0.1) is 0 Å². The van der Waals surface area contributed by atoms with E-state index in [4.69, 9.17) is 9.72 Å². The highest BCUT2D eigenvalue weighted by molar-refractivity contribution is 6.34. The Hall–Kier alpha value is -4.89. The molecule has 0 unspecified atom stereocenters. The van der Waals surface area contributed by atoms with Gasteiger partial charge in [0.15, 0.2) is 11.5 Å². The van der Waals surface area contributed by atoms with E-state index < -0.39 is 0 Å². The molecular formula is C35H22N2O. The van der Waals surface area contributed by atoms with E-state index in [9.17, 15) is 0 Å². The summed E-state index contributed by atoms with van der Waals surface area (Å²) in [6, 6.07) is 37.3. The molecular weight excluding hydrogens is 464 g/mol. The van der Waals surface area contributed by atoms with Crippen LogP contribution in [-0.2, 0) is 6.42 Å². The predicted octanol–water partition coefficient (Wildman–Crippen LogP) is 9.41. The van der Waals surface area contributed by atoms with Crippen LogP contribution in [0.2, 0.25) is 0 Å². The number of hydrogen-bond donors (Lipinski definition) is 0. The van der Waals surface area contributed by atoms with E-state index in [1.54, 1.807) is 0 Å². The number of rotatable bonds is 2. The molecule has 0 bridgehead atoms. The first kappa shape index (κ1) is 20.2. The van der Waals surface area contributed by atoms with Crippen molar-refractivity contribution >= 4 is 54.1 Å². The van der Waals surface area contributed by atoms with Gasteiger partial charge in [-0.2, -0.15) is 0 Å². The summed E-state index contributed by atoms with van der Waals surface area (Å²) in [5.74, 6) is 2.78. The molecule has 178 valence electrons. The molecule has 9 rings (SSSR count). The number of hydrogen-bond acceptors (Lipinski definition) is 2. The van der Waals surface area contributed by atoms with Gasteiger partial charge in [0.05, 0.1) is 11.2 Å². The molecule has 0 radical (unpaired) electrons. The predicted molar refractivity (Wildman–Crippen MR) is 157 cm³/mol. The molecule has 0 saturated carbocycles. The molecule has 3 heteroatoms. The fraction of sp³-hybridized carbons (Fsp3) is 0.0571. The monoisotopic (exact) mass is 486 g/mol. The number of benzene rings is 7. The van der Waals surface area contributed by atoms with Crippen molar-refractivity contribution in [3.8, 4) is 28.3 Å². The van der Waals surface area contributed by atoms with E-state index in [0.717, 1.165) is 46.0 Å². The highest BCUT2D eigenvalue weighted by Gasteiger charge is 2.24.